The van der Waals surface area contributed by atoms with Crippen molar-refractivity contribution in [2.45, 2.75) is 25.6 Å². The zero-order chi connectivity index (χ0) is 9.30. The van der Waals surface area contributed by atoms with Crippen molar-refractivity contribution < 1.29 is 5.11 Å². The van der Waals surface area contributed by atoms with Gasteiger partial charge in [-0.15, -0.1) is 11.6 Å². The zero-order valence-corrected chi connectivity index (χ0v) is 8.65. The highest BCUT2D eigenvalue weighted by Crippen LogP contribution is 2.34. The first-order valence-electron chi connectivity index (χ1n) is 4.01. The molecule has 0 spiro atoms. The summed E-state index contributed by atoms with van der Waals surface area (Å²) in [5, 5.41) is 9.93. The predicted molar refractivity (Wildman–Crippen MR) is 52.7 cm³/mol. The van der Waals surface area contributed by atoms with E-state index in [1.54, 1.807) is 0 Å². The van der Waals surface area contributed by atoms with Gasteiger partial charge in [-0.25, -0.2) is 0 Å². The van der Waals surface area contributed by atoms with E-state index in [-0.39, 0.29) is 17.1 Å². The average Bonchev–Trinajstić information content (AvgIpc) is 2.08. The molecule has 1 nitrogen and oxygen atoms in total. The summed E-state index contributed by atoms with van der Waals surface area (Å²) in [7, 11) is 0. The number of rotatable bonds is 1. The lowest BCUT2D eigenvalue weighted by molar-refractivity contribution is 0.403. The van der Waals surface area contributed by atoms with E-state index in [0.717, 1.165) is 12.0 Å². The van der Waals surface area contributed by atoms with Crippen LogP contribution in [0.3, 0.4) is 0 Å². The topological polar surface area (TPSA) is 20.2 Å². The minimum absolute atomic E-state index is 0.0173. The molecule has 2 atom stereocenters. The maximum Gasteiger partial charge on any atom is 0.133 e. The van der Waals surface area contributed by atoms with Crippen LogP contribution in [-0.4, -0.2) is 10.5 Å². The van der Waals surface area contributed by atoms with Gasteiger partial charge in [-0.1, -0.05) is 31.5 Å². The molecule has 0 bridgehead atoms. The molecule has 0 aromatic heterocycles. The van der Waals surface area contributed by atoms with Crippen molar-refractivity contribution in [3.05, 3.63) is 22.4 Å². The fraction of sp³-hybridized carbons (Fsp3) is 0.556. The Balaban J connectivity index is 3.00. The molecule has 12 heavy (non-hydrogen) atoms. The fourth-order valence-electron chi connectivity index (χ4n) is 1.21. The van der Waals surface area contributed by atoms with Gasteiger partial charge in [0.05, 0.1) is 10.4 Å². The lowest BCUT2D eigenvalue weighted by Gasteiger charge is -2.22. The Kier molecular flexibility index (Phi) is 3.08. The van der Waals surface area contributed by atoms with E-state index in [2.05, 4.69) is 0 Å². The fourth-order valence-corrected chi connectivity index (χ4v) is 1.81. The van der Waals surface area contributed by atoms with Crippen LogP contribution >= 0.6 is 23.2 Å². The van der Waals surface area contributed by atoms with Crippen LogP contribution in [0.4, 0.5) is 0 Å². The minimum atomic E-state index is -0.0941. The maximum atomic E-state index is 9.55. The van der Waals surface area contributed by atoms with Gasteiger partial charge in [-0.3, -0.25) is 0 Å². The first-order valence-corrected chi connectivity index (χ1v) is 4.83. The highest BCUT2D eigenvalue weighted by Gasteiger charge is 2.25. The van der Waals surface area contributed by atoms with Crippen LogP contribution in [0, 0.1) is 5.92 Å². The van der Waals surface area contributed by atoms with E-state index in [9.17, 15) is 5.11 Å². The second-order valence-electron chi connectivity index (χ2n) is 2.98. The highest BCUT2D eigenvalue weighted by atomic mass is 35.5. The van der Waals surface area contributed by atoms with Crippen LogP contribution in [0.15, 0.2) is 22.4 Å². The molecule has 68 valence electrons. The summed E-state index contributed by atoms with van der Waals surface area (Å²) in [6.07, 6.45) is 2.63. The molecule has 1 unspecified atom stereocenters. The number of allylic oxidation sites excluding steroid dienone is 3. The highest BCUT2D eigenvalue weighted by molar-refractivity contribution is 6.32. The number of halogens is 2. The first-order chi connectivity index (χ1) is 5.57. The molecule has 3 heteroatoms. The quantitative estimate of drug-likeness (QED) is 0.651. The molecule has 1 rings (SSSR count). The lowest BCUT2D eigenvalue weighted by atomic mass is 9.95. The van der Waals surface area contributed by atoms with Crippen molar-refractivity contribution >= 4 is 23.2 Å². The van der Waals surface area contributed by atoms with Gasteiger partial charge in [0.1, 0.15) is 5.76 Å². The minimum Gasteiger partial charge on any atom is -0.506 e. The van der Waals surface area contributed by atoms with Crippen molar-refractivity contribution in [1.82, 2.24) is 0 Å². The monoisotopic (exact) mass is 206 g/mol. The second-order valence-corrected chi connectivity index (χ2v) is 3.89. The normalized spacial score (nSPS) is 30.5. The molecule has 0 amide bonds. The second kappa shape index (κ2) is 3.71. The third-order valence-corrected chi connectivity index (χ3v) is 3.18. The third-order valence-electron chi connectivity index (χ3n) is 2.15. The molecule has 0 radical (unpaired) electrons. The maximum absolute atomic E-state index is 9.55. The van der Waals surface area contributed by atoms with E-state index in [1.807, 2.05) is 19.9 Å². The van der Waals surface area contributed by atoms with Crippen LogP contribution in [-0.2, 0) is 0 Å². The molecule has 1 aliphatic rings. The molecule has 1 aliphatic carbocycles. The Morgan fingerprint density at radius 3 is 2.67 bits per heavy atom. The number of hydrogen-bond donors (Lipinski definition) is 1. The summed E-state index contributed by atoms with van der Waals surface area (Å²) < 4.78 is 0. The van der Waals surface area contributed by atoms with Gasteiger partial charge in [0.25, 0.3) is 0 Å². The van der Waals surface area contributed by atoms with Crippen LogP contribution in [0.2, 0.25) is 0 Å². The Bertz CT molecular complexity index is 243. The van der Waals surface area contributed by atoms with Crippen molar-refractivity contribution in [3.63, 3.8) is 0 Å². The third kappa shape index (κ3) is 1.62. The average molecular weight is 207 g/mol. The number of aliphatic hydroxyl groups excluding tert-OH is 1. The molecular formula is C9H12Cl2O. The molecule has 1 N–H and O–H groups in total. The molecule has 0 fully saturated rings. The summed E-state index contributed by atoms with van der Waals surface area (Å²) in [6, 6.07) is 0. The predicted octanol–water partition coefficient (Wildman–Crippen LogP) is 3.59. The van der Waals surface area contributed by atoms with E-state index < -0.39 is 0 Å². The summed E-state index contributed by atoms with van der Waals surface area (Å²) >= 11 is 11.9. The Labute approximate surface area is 82.7 Å². The van der Waals surface area contributed by atoms with Crippen LogP contribution in [0.1, 0.15) is 20.3 Å². The summed E-state index contributed by atoms with van der Waals surface area (Å²) in [4.78, 5) is 0. The largest absolute Gasteiger partial charge is 0.506 e. The molecule has 0 saturated heterocycles. The Morgan fingerprint density at radius 2 is 2.17 bits per heavy atom. The molecule has 0 aromatic carbocycles. The Hall–Kier alpha value is -0.140. The van der Waals surface area contributed by atoms with E-state index in [1.165, 1.54) is 0 Å². The van der Waals surface area contributed by atoms with Crippen molar-refractivity contribution in [1.29, 1.82) is 0 Å². The smallest absolute Gasteiger partial charge is 0.133 e. The van der Waals surface area contributed by atoms with E-state index in [4.69, 9.17) is 23.2 Å². The molecular weight excluding hydrogens is 195 g/mol. The van der Waals surface area contributed by atoms with Crippen LogP contribution in [0.5, 0.6) is 0 Å². The number of hydrogen-bond acceptors (Lipinski definition) is 1. The summed E-state index contributed by atoms with van der Waals surface area (Å²) in [5.74, 6) is 0.229. The van der Waals surface area contributed by atoms with Gasteiger partial charge >= 0.3 is 0 Å². The van der Waals surface area contributed by atoms with Crippen molar-refractivity contribution in [2.24, 2.45) is 5.92 Å². The zero-order valence-electron chi connectivity index (χ0n) is 7.14. The van der Waals surface area contributed by atoms with Gasteiger partial charge in [0.15, 0.2) is 0 Å². The molecule has 0 aromatic rings. The van der Waals surface area contributed by atoms with Gasteiger partial charge in [0, 0.05) is 5.92 Å². The number of aliphatic hydroxyl groups is 1. The summed E-state index contributed by atoms with van der Waals surface area (Å²) in [5.41, 5.74) is 0.845. The summed E-state index contributed by atoms with van der Waals surface area (Å²) in [6.45, 7) is 3.87. The standard InChI is InChI=1S/C9H12Cl2O/c1-3-6-4-7(10)5(2)8(11)9(6)12/h4-5,7,12H,3H2,1-2H3/t5-,7?/m1/s1. The van der Waals surface area contributed by atoms with Gasteiger partial charge in [0.2, 0.25) is 0 Å². The van der Waals surface area contributed by atoms with Crippen LogP contribution in [0.25, 0.3) is 0 Å². The van der Waals surface area contributed by atoms with Gasteiger partial charge in [-0.05, 0) is 12.0 Å². The van der Waals surface area contributed by atoms with Crippen molar-refractivity contribution in [3.8, 4) is 0 Å². The number of alkyl halides is 1. The molecule has 0 heterocycles. The molecule has 0 aliphatic heterocycles. The van der Waals surface area contributed by atoms with Gasteiger partial charge in [-0.2, -0.15) is 0 Å². The lowest BCUT2D eigenvalue weighted by Crippen LogP contribution is -2.16. The first kappa shape index (κ1) is 9.94. The van der Waals surface area contributed by atoms with Gasteiger partial charge < -0.3 is 5.11 Å². The van der Waals surface area contributed by atoms with E-state index >= 15 is 0 Å². The van der Waals surface area contributed by atoms with E-state index in [0.29, 0.717) is 5.03 Å². The Morgan fingerprint density at radius 1 is 1.58 bits per heavy atom. The van der Waals surface area contributed by atoms with Crippen molar-refractivity contribution in [2.75, 3.05) is 0 Å². The SMILES string of the molecule is CCC1=CC(Cl)[C@@H](C)C(Cl)=C1O. The molecule has 0 saturated carbocycles. The van der Waals surface area contributed by atoms with Crippen LogP contribution < -0.4 is 0 Å².